The zero-order valence-electron chi connectivity index (χ0n) is 12.4. The number of fused-ring (bicyclic) bond motifs is 1. The van der Waals surface area contributed by atoms with Crippen LogP contribution in [0, 0.1) is 0 Å². The van der Waals surface area contributed by atoms with Crippen LogP contribution in [0.15, 0.2) is 48.5 Å². The first kappa shape index (κ1) is 15.2. The van der Waals surface area contributed by atoms with E-state index in [1.54, 1.807) is 31.2 Å². The van der Waals surface area contributed by atoms with E-state index in [1.165, 1.54) is 11.3 Å². The Balaban J connectivity index is 1.65. The molecule has 0 aliphatic heterocycles. The number of hydrogen-bond donors (Lipinski definition) is 1. The molecule has 0 bridgehead atoms. The number of rotatable bonds is 5. The third kappa shape index (κ3) is 3.54. The van der Waals surface area contributed by atoms with Crippen LogP contribution in [0.1, 0.15) is 17.3 Å². The van der Waals surface area contributed by atoms with Crippen molar-refractivity contribution in [3.63, 3.8) is 0 Å². The second-order valence-electron chi connectivity index (χ2n) is 4.92. The fourth-order valence-electron chi connectivity index (χ4n) is 2.02. The molecule has 1 heterocycles. The average molecular weight is 326 g/mol. The number of benzene rings is 2. The molecule has 0 radical (unpaired) electrons. The maximum atomic E-state index is 12.2. The minimum absolute atomic E-state index is 0.275. The van der Waals surface area contributed by atoms with Gasteiger partial charge in [-0.15, -0.1) is 0 Å². The summed E-state index contributed by atoms with van der Waals surface area (Å²) in [7, 11) is 0. The lowest BCUT2D eigenvalue weighted by Gasteiger charge is -2.13. The normalized spacial score (nSPS) is 11.9. The maximum absolute atomic E-state index is 12.2. The smallest absolute Gasteiger partial charge is 0.266 e. The Morgan fingerprint density at radius 2 is 1.96 bits per heavy atom. The van der Waals surface area contributed by atoms with Gasteiger partial charge in [-0.05, 0) is 43.3 Å². The van der Waals surface area contributed by atoms with Gasteiger partial charge in [-0.25, -0.2) is 4.98 Å². The van der Waals surface area contributed by atoms with Gasteiger partial charge in [0.25, 0.3) is 5.91 Å². The summed E-state index contributed by atoms with van der Waals surface area (Å²) >= 11 is 1.42. The second-order valence-corrected chi connectivity index (χ2v) is 5.95. The standard InChI is InChI=1S/C17H14N2O3S/c1-11(22-13-8-6-12(10-20)7-9-13)16(21)19-17-18-14-4-2-3-5-15(14)23-17/h2-11H,1H3,(H,18,19,21). The molecule has 1 unspecified atom stereocenters. The molecule has 0 saturated heterocycles. The van der Waals surface area contributed by atoms with Gasteiger partial charge in [0.2, 0.25) is 0 Å². The summed E-state index contributed by atoms with van der Waals surface area (Å²) in [4.78, 5) is 27.2. The zero-order valence-corrected chi connectivity index (χ0v) is 13.2. The molecule has 3 rings (SSSR count). The van der Waals surface area contributed by atoms with Crippen molar-refractivity contribution in [1.82, 2.24) is 4.98 Å². The van der Waals surface area contributed by atoms with Gasteiger partial charge in [0, 0.05) is 5.56 Å². The summed E-state index contributed by atoms with van der Waals surface area (Å²) in [6.07, 6.45) is 0.0802. The highest BCUT2D eigenvalue weighted by atomic mass is 32.1. The van der Waals surface area contributed by atoms with Crippen LogP contribution in [0.3, 0.4) is 0 Å². The number of carbonyl (C=O) groups excluding carboxylic acids is 2. The minimum Gasteiger partial charge on any atom is -0.481 e. The van der Waals surface area contributed by atoms with E-state index in [2.05, 4.69) is 10.3 Å². The quantitative estimate of drug-likeness (QED) is 0.729. The van der Waals surface area contributed by atoms with Crippen molar-refractivity contribution in [3.05, 3.63) is 54.1 Å². The number of nitrogens with zero attached hydrogens (tertiary/aromatic N) is 1. The largest absolute Gasteiger partial charge is 0.481 e. The van der Waals surface area contributed by atoms with Crippen LogP contribution in [0.5, 0.6) is 5.75 Å². The molecule has 0 aliphatic rings. The van der Waals surface area contributed by atoms with Gasteiger partial charge in [0.15, 0.2) is 11.2 Å². The SMILES string of the molecule is CC(Oc1ccc(C=O)cc1)C(=O)Nc1nc2ccccc2s1. The van der Waals surface area contributed by atoms with Crippen molar-refractivity contribution >= 4 is 38.9 Å². The molecule has 1 amide bonds. The van der Waals surface area contributed by atoms with E-state index in [9.17, 15) is 9.59 Å². The lowest BCUT2D eigenvalue weighted by atomic mass is 10.2. The molecule has 23 heavy (non-hydrogen) atoms. The van der Waals surface area contributed by atoms with Crippen molar-refractivity contribution in [1.29, 1.82) is 0 Å². The molecule has 0 aliphatic carbocycles. The molecule has 0 saturated carbocycles. The Morgan fingerprint density at radius 1 is 1.22 bits per heavy atom. The lowest BCUT2D eigenvalue weighted by molar-refractivity contribution is -0.122. The number of aromatic nitrogens is 1. The molecule has 0 spiro atoms. The van der Waals surface area contributed by atoms with E-state index >= 15 is 0 Å². The predicted octanol–water partition coefficient (Wildman–Crippen LogP) is 3.51. The molecular weight excluding hydrogens is 312 g/mol. The maximum Gasteiger partial charge on any atom is 0.266 e. The van der Waals surface area contributed by atoms with Crippen molar-refractivity contribution < 1.29 is 14.3 Å². The monoisotopic (exact) mass is 326 g/mol. The predicted molar refractivity (Wildman–Crippen MR) is 90.2 cm³/mol. The third-order valence-electron chi connectivity index (χ3n) is 3.22. The number of carbonyl (C=O) groups is 2. The number of nitrogens with one attached hydrogen (secondary N) is 1. The van der Waals surface area contributed by atoms with Crippen LogP contribution in [0.4, 0.5) is 5.13 Å². The van der Waals surface area contributed by atoms with Crippen LogP contribution in [-0.2, 0) is 4.79 Å². The molecule has 5 nitrogen and oxygen atoms in total. The van der Waals surface area contributed by atoms with Gasteiger partial charge in [-0.3, -0.25) is 14.9 Å². The van der Waals surface area contributed by atoms with Crippen LogP contribution in [0.25, 0.3) is 10.2 Å². The molecule has 116 valence electrons. The van der Waals surface area contributed by atoms with E-state index in [0.717, 1.165) is 16.5 Å². The van der Waals surface area contributed by atoms with E-state index in [1.807, 2.05) is 24.3 Å². The fourth-order valence-corrected chi connectivity index (χ4v) is 2.88. The molecular formula is C17H14N2O3S. The number of aldehydes is 1. The Morgan fingerprint density at radius 3 is 2.65 bits per heavy atom. The first-order valence-electron chi connectivity index (χ1n) is 7.04. The summed E-state index contributed by atoms with van der Waals surface area (Å²) in [6, 6.07) is 14.3. The van der Waals surface area contributed by atoms with Crippen molar-refractivity contribution in [3.8, 4) is 5.75 Å². The van der Waals surface area contributed by atoms with Gasteiger partial charge in [0.1, 0.15) is 12.0 Å². The molecule has 6 heteroatoms. The van der Waals surface area contributed by atoms with Crippen LogP contribution in [-0.4, -0.2) is 23.3 Å². The topological polar surface area (TPSA) is 68.3 Å². The molecule has 1 atom stereocenters. The fraction of sp³-hybridized carbons (Fsp3) is 0.118. The highest BCUT2D eigenvalue weighted by Crippen LogP contribution is 2.25. The van der Waals surface area contributed by atoms with Crippen LogP contribution >= 0.6 is 11.3 Å². The molecule has 0 fully saturated rings. The Bertz CT molecular complexity index is 809. The Hall–Kier alpha value is -2.73. The van der Waals surface area contributed by atoms with E-state index in [4.69, 9.17) is 4.74 Å². The van der Waals surface area contributed by atoms with Gasteiger partial charge in [0.05, 0.1) is 10.2 Å². The third-order valence-corrected chi connectivity index (χ3v) is 4.17. The van der Waals surface area contributed by atoms with Crippen LogP contribution in [0.2, 0.25) is 0 Å². The number of anilines is 1. The molecule has 1 N–H and O–H groups in total. The molecule has 3 aromatic rings. The number of thiazole rings is 1. The highest BCUT2D eigenvalue weighted by Gasteiger charge is 2.16. The van der Waals surface area contributed by atoms with Crippen molar-refractivity contribution in [2.75, 3.05) is 5.32 Å². The van der Waals surface area contributed by atoms with Crippen molar-refractivity contribution in [2.24, 2.45) is 0 Å². The van der Waals surface area contributed by atoms with Gasteiger partial charge >= 0.3 is 0 Å². The summed E-state index contributed by atoms with van der Waals surface area (Å²) in [6.45, 7) is 1.66. The zero-order chi connectivity index (χ0) is 16.2. The molecule has 1 aromatic heterocycles. The van der Waals surface area contributed by atoms with Crippen molar-refractivity contribution in [2.45, 2.75) is 13.0 Å². The first-order valence-corrected chi connectivity index (χ1v) is 7.86. The average Bonchev–Trinajstić information content (AvgIpc) is 2.97. The van der Waals surface area contributed by atoms with Gasteiger partial charge in [-0.2, -0.15) is 0 Å². The van der Waals surface area contributed by atoms with Crippen LogP contribution < -0.4 is 10.1 Å². The lowest BCUT2D eigenvalue weighted by Crippen LogP contribution is -2.30. The number of amides is 1. The van der Waals surface area contributed by atoms with E-state index in [0.29, 0.717) is 16.4 Å². The first-order chi connectivity index (χ1) is 11.2. The summed E-state index contributed by atoms with van der Waals surface area (Å²) in [5, 5.41) is 3.31. The van der Waals surface area contributed by atoms with E-state index in [-0.39, 0.29) is 5.91 Å². The second kappa shape index (κ2) is 6.58. The van der Waals surface area contributed by atoms with E-state index < -0.39 is 6.10 Å². The van der Waals surface area contributed by atoms with Gasteiger partial charge < -0.3 is 4.74 Å². The molecule has 2 aromatic carbocycles. The highest BCUT2D eigenvalue weighted by molar-refractivity contribution is 7.22. The Labute approximate surface area is 136 Å². The summed E-state index contributed by atoms with van der Waals surface area (Å²) < 4.78 is 6.59. The Kier molecular flexibility index (Phi) is 4.34. The van der Waals surface area contributed by atoms with Gasteiger partial charge in [-0.1, -0.05) is 23.5 Å². The summed E-state index contributed by atoms with van der Waals surface area (Å²) in [5.74, 6) is 0.256. The summed E-state index contributed by atoms with van der Waals surface area (Å²) in [5.41, 5.74) is 1.41. The number of hydrogen-bond acceptors (Lipinski definition) is 5. The number of para-hydroxylation sites is 1. The number of ether oxygens (including phenoxy) is 1. The minimum atomic E-state index is -0.677.